The third kappa shape index (κ3) is 5.12. The Morgan fingerprint density at radius 1 is 0.944 bits per heavy atom. The topological polar surface area (TPSA) is 116 Å². The van der Waals surface area contributed by atoms with Crippen molar-refractivity contribution >= 4 is 22.6 Å². The van der Waals surface area contributed by atoms with Crippen LogP contribution in [0, 0.1) is 0 Å². The lowest BCUT2D eigenvalue weighted by Crippen LogP contribution is -2.32. The summed E-state index contributed by atoms with van der Waals surface area (Å²) in [5.41, 5.74) is 9.22. The molecule has 178 valence electrons. The fourth-order valence-corrected chi connectivity index (χ4v) is 4.18. The number of carbonyl (C=O) groups excluding carboxylic acids is 2. The summed E-state index contributed by atoms with van der Waals surface area (Å²) in [5.74, 6) is -0.776. The number of nitrogens with zero attached hydrogens (tertiary/aromatic N) is 4. The summed E-state index contributed by atoms with van der Waals surface area (Å²) >= 11 is 0. The van der Waals surface area contributed by atoms with Crippen molar-refractivity contribution in [3.05, 3.63) is 114 Å². The molecular formula is C28H24N6O2. The number of aromatic nitrogens is 4. The van der Waals surface area contributed by atoms with E-state index in [0.717, 1.165) is 33.2 Å². The van der Waals surface area contributed by atoms with Gasteiger partial charge in [-0.2, -0.15) is 0 Å². The van der Waals surface area contributed by atoms with Crippen molar-refractivity contribution < 1.29 is 9.59 Å². The van der Waals surface area contributed by atoms with Gasteiger partial charge in [0.05, 0.1) is 25.2 Å². The van der Waals surface area contributed by atoms with Gasteiger partial charge >= 0.3 is 0 Å². The zero-order valence-corrected chi connectivity index (χ0v) is 19.4. The average Bonchev–Trinajstić information content (AvgIpc) is 3.37. The summed E-state index contributed by atoms with van der Waals surface area (Å²) in [6.45, 7) is 0.361. The van der Waals surface area contributed by atoms with E-state index < -0.39 is 11.9 Å². The fraction of sp³-hybridized carbons (Fsp3) is 0.107. The maximum atomic E-state index is 13.3. The molecule has 0 aliphatic heterocycles. The number of hydrogen-bond donors (Lipinski definition) is 2. The summed E-state index contributed by atoms with van der Waals surface area (Å²) in [7, 11) is 0. The van der Waals surface area contributed by atoms with Gasteiger partial charge in [0.2, 0.25) is 5.91 Å². The molecule has 5 aromatic rings. The third-order valence-corrected chi connectivity index (χ3v) is 5.98. The van der Waals surface area contributed by atoms with E-state index in [1.807, 2.05) is 73.1 Å². The van der Waals surface area contributed by atoms with Crippen LogP contribution in [0.15, 0.2) is 97.5 Å². The normalized spacial score (nSPS) is 11.8. The van der Waals surface area contributed by atoms with Crippen molar-refractivity contribution in [1.29, 1.82) is 0 Å². The van der Waals surface area contributed by atoms with Gasteiger partial charge in [0.25, 0.3) is 5.91 Å². The van der Waals surface area contributed by atoms with Crippen LogP contribution in [0.4, 0.5) is 0 Å². The number of rotatable bonds is 8. The first-order chi connectivity index (χ1) is 17.6. The maximum Gasteiger partial charge on any atom is 0.252 e. The van der Waals surface area contributed by atoms with E-state index in [1.165, 1.54) is 0 Å². The number of amides is 2. The van der Waals surface area contributed by atoms with E-state index in [4.69, 9.17) is 5.73 Å². The van der Waals surface area contributed by atoms with Crippen LogP contribution in [0.25, 0.3) is 22.0 Å². The Labute approximate surface area is 207 Å². The van der Waals surface area contributed by atoms with Gasteiger partial charge in [-0.05, 0) is 34.7 Å². The summed E-state index contributed by atoms with van der Waals surface area (Å²) < 4.78 is 1.70. The van der Waals surface area contributed by atoms with E-state index >= 15 is 0 Å². The molecule has 8 nitrogen and oxygen atoms in total. The van der Waals surface area contributed by atoms with Crippen LogP contribution in [-0.2, 0) is 11.3 Å². The van der Waals surface area contributed by atoms with Crippen molar-refractivity contribution in [1.82, 2.24) is 25.3 Å². The Balaban J connectivity index is 1.36. The number of nitrogens with one attached hydrogen (secondary N) is 1. The van der Waals surface area contributed by atoms with Crippen LogP contribution in [-0.4, -0.2) is 31.8 Å². The molecular weight excluding hydrogens is 452 g/mol. The molecule has 0 bridgehead atoms. The number of carbonyl (C=O) groups is 2. The lowest BCUT2D eigenvalue weighted by molar-refractivity contribution is -0.118. The maximum absolute atomic E-state index is 13.3. The molecule has 5 rings (SSSR count). The molecule has 0 radical (unpaired) electrons. The molecule has 36 heavy (non-hydrogen) atoms. The average molecular weight is 477 g/mol. The van der Waals surface area contributed by atoms with Crippen molar-refractivity contribution in [3.8, 4) is 11.3 Å². The highest BCUT2D eigenvalue weighted by Gasteiger charge is 2.20. The first-order valence-electron chi connectivity index (χ1n) is 11.5. The van der Waals surface area contributed by atoms with Gasteiger partial charge in [0.1, 0.15) is 5.69 Å². The predicted molar refractivity (Wildman–Crippen MR) is 137 cm³/mol. The van der Waals surface area contributed by atoms with Gasteiger partial charge in [-0.3, -0.25) is 14.6 Å². The summed E-state index contributed by atoms with van der Waals surface area (Å²) in [6, 6.07) is 24.1. The van der Waals surface area contributed by atoms with E-state index in [2.05, 4.69) is 26.7 Å². The zero-order chi connectivity index (χ0) is 24.9. The van der Waals surface area contributed by atoms with Crippen molar-refractivity contribution in [2.45, 2.75) is 19.0 Å². The summed E-state index contributed by atoms with van der Waals surface area (Å²) in [6.07, 6.45) is 5.45. The first-order valence-corrected chi connectivity index (χ1v) is 11.5. The van der Waals surface area contributed by atoms with Crippen LogP contribution in [0.3, 0.4) is 0 Å². The number of hydrogen-bond acceptors (Lipinski definition) is 5. The second-order valence-electron chi connectivity index (χ2n) is 8.50. The fourth-order valence-electron chi connectivity index (χ4n) is 4.18. The second-order valence-corrected chi connectivity index (χ2v) is 8.50. The number of pyridine rings is 1. The molecule has 1 atom stereocenters. The predicted octanol–water partition coefficient (Wildman–Crippen LogP) is 3.89. The van der Waals surface area contributed by atoms with Crippen molar-refractivity contribution in [2.24, 2.45) is 5.73 Å². The highest BCUT2D eigenvalue weighted by atomic mass is 16.2. The van der Waals surface area contributed by atoms with Crippen LogP contribution < -0.4 is 11.1 Å². The lowest BCUT2D eigenvalue weighted by atomic mass is 10.0. The minimum Gasteiger partial charge on any atom is -0.370 e. The van der Waals surface area contributed by atoms with Crippen LogP contribution >= 0.6 is 0 Å². The minimum absolute atomic E-state index is 0.00613. The van der Waals surface area contributed by atoms with E-state index in [1.54, 1.807) is 23.0 Å². The van der Waals surface area contributed by atoms with E-state index in [-0.39, 0.29) is 12.3 Å². The van der Waals surface area contributed by atoms with Gasteiger partial charge in [-0.25, -0.2) is 4.68 Å². The monoisotopic (exact) mass is 476 g/mol. The molecule has 3 aromatic carbocycles. The Hall–Kier alpha value is -4.85. The second kappa shape index (κ2) is 10.2. The molecule has 0 unspecified atom stereocenters. The molecule has 0 spiro atoms. The molecule has 0 aliphatic carbocycles. The van der Waals surface area contributed by atoms with Crippen LogP contribution in [0.1, 0.15) is 33.9 Å². The van der Waals surface area contributed by atoms with E-state index in [0.29, 0.717) is 12.1 Å². The molecule has 2 amide bonds. The Bertz CT molecular complexity index is 1530. The molecule has 0 saturated carbocycles. The Morgan fingerprint density at radius 3 is 2.58 bits per heavy atom. The molecule has 2 heterocycles. The van der Waals surface area contributed by atoms with Gasteiger partial charge in [0, 0.05) is 28.9 Å². The number of benzene rings is 3. The summed E-state index contributed by atoms with van der Waals surface area (Å²) in [4.78, 5) is 29.1. The smallest absolute Gasteiger partial charge is 0.252 e. The van der Waals surface area contributed by atoms with Gasteiger partial charge in [-0.1, -0.05) is 65.9 Å². The Kier molecular flexibility index (Phi) is 6.48. The quantitative estimate of drug-likeness (QED) is 0.353. The molecule has 0 fully saturated rings. The highest BCUT2D eigenvalue weighted by Crippen LogP contribution is 2.23. The molecule has 0 aliphatic rings. The SMILES string of the molecule is NC(=O)C[C@H](NC(=O)c1ccccc1Cn1cc(-c2ccc3cnccc3c2)nn1)c1ccccc1. The number of fused-ring (bicyclic) bond motifs is 1. The largest absolute Gasteiger partial charge is 0.370 e. The molecule has 8 heteroatoms. The third-order valence-electron chi connectivity index (χ3n) is 5.98. The first kappa shape index (κ1) is 22.9. The Morgan fingerprint density at radius 2 is 1.75 bits per heavy atom. The minimum atomic E-state index is -0.523. The molecule has 2 aromatic heterocycles. The number of primary amides is 1. The molecule has 3 N–H and O–H groups in total. The van der Waals surface area contributed by atoms with Crippen LogP contribution in [0.2, 0.25) is 0 Å². The highest BCUT2D eigenvalue weighted by molar-refractivity contribution is 5.96. The standard InChI is InChI=1S/C28H24N6O2/c29-27(35)15-25(19-6-2-1-3-7-19)31-28(36)24-9-5-4-8-23(24)17-34-18-26(32-33-34)21-10-11-22-16-30-13-12-20(22)14-21/h1-14,16,18,25H,15,17H2,(H2,29,35)(H,31,36)/t25-/m0/s1. The van der Waals surface area contributed by atoms with Crippen LogP contribution in [0.5, 0.6) is 0 Å². The zero-order valence-electron chi connectivity index (χ0n) is 19.4. The van der Waals surface area contributed by atoms with Crippen molar-refractivity contribution in [3.63, 3.8) is 0 Å². The molecule has 0 saturated heterocycles. The van der Waals surface area contributed by atoms with Gasteiger partial charge in [0.15, 0.2) is 0 Å². The number of nitrogens with two attached hydrogens (primary N) is 1. The van der Waals surface area contributed by atoms with Gasteiger partial charge in [-0.15, -0.1) is 5.10 Å². The van der Waals surface area contributed by atoms with E-state index in [9.17, 15) is 9.59 Å². The van der Waals surface area contributed by atoms with Gasteiger partial charge < -0.3 is 11.1 Å². The lowest BCUT2D eigenvalue weighted by Gasteiger charge is -2.19. The van der Waals surface area contributed by atoms with Crippen molar-refractivity contribution in [2.75, 3.05) is 0 Å². The summed E-state index contributed by atoms with van der Waals surface area (Å²) in [5, 5.41) is 13.7.